The minimum absolute atomic E-state index is 0.0904. The second-order valence-corrected chi connectivity index (χ2v) is 7.06. The molecule has 11 heteroatoms. The van der Waals surface area contributed by atoms with Gasteiger partial charge in [-0.1, -0.05) is 0 Å². The lowest BCUT2D eigenvalue weighted by atomic mass is 10.2. The average Bonchev–Trinajstić information content (AvgIpc) is 3.41. The molecule has 1 aromatic rings. The van der Waals surface area contributed by atoms with Crippen LogP contribution in [0.5, 0.6) is 0 Å². The molecule has 2 saturated heterocycles. The zero-order valence-corrected chi connectivity index (χ0v) is 15.7. The highest BCUT2D eigenvalue weighted by molar-refractivity contribution is 6.12. The quantitative estimate of drug-likeness (QED) is 0.663. The van der Waals surface area contributed by atoms with Crippen LogP contribution in [0.2, 0.25) is 0 Å². The van der Waals surface area contributed by atoms with Crippen LogP contribution in [0.25, 0.3) is 5.70 Å². The van der Waals surface area contributed by atoms with Gasteiger partial charge in [-0.15, -0.1) is 0 Å². The molecule has 2 amide bonds. The van der Waals surface area contributed by atoms with E-state index in [4.69, 9.17) is 15.3 Å². The Labute approximate surface area is 162 Å². The summed E-state index contributed by atoms with van der Waals surface area (Å²) in [6, 6.07) is 3.54. The van der Waals surface area contributed by atoms with Crippen molar-refractivity contribution in [3.05, 3.63) is 29.9 Å². The predicted octanol–water partition coefficient (Wildman–Crippen LogP) is -0.649. The molecule has 0 aromatic carbocycles. The second kappa shape index (κ2) is 6.62. The molecule has 0 aliphatic carbocycles. The summed E-state index contributed by atoms with van der Waals surface area (Å²) in [4.78, 5) is 26.2. The lowest BCUT2D eigenvalue weighted by Crippen LogP contribution is -2.47. The molecule has 28 heavy (non-hydrogen) atoms. The Kier molecular flexibility index (Phi) is 4.07. The fourth-order valence-electron chi connectivity index (χ4n) is 3.95. The third kappa shape index (κ3) is 2.58. The van der Waals surface area contributed by atoms with E-state index in [0.717, 1.165) is 32.7 Å². The van der Waals surface area contributed by atoms with Crippen molar-refractivity contribution >= 4 is 23.9 Å². The summed E-state index contributed by atoms with van der Waals surface area (Å²) in [5, 5.41) is 8.14. The van der Waals surface area contributed by atoms with E-state index >= 15 is 0 Å². The van der Waals surface area contributed by atoms with E-state index in [1.54, 1.807) is 29.3 Å². The van der Waals surface area contributed by atoms with E-state index in [2.05, 4.69) is 15.2 Å². The van der Waals surface area contributed by atoms with E-state index in [0.29, 0.717) is 29.5 Å². The molecule has 1 aromatic heterocycles. The van der Waals surface area contributed by atoms with Crippen LogP contribution in [-0.2, 0) is 0 Å². The van der Waals surface area contributed by atoms with Crippen LogP contribution in [0.1, 0.15) is 5.76 Å². The number of hydrogen-bond acceptors (Lipinski definition) is 9. The van der Waals surface area contributed by atoms with Gasteiger partial charge in [-0.2, -0.15) is 0 Å². The van der Waals surface area contributed by atoms with E-state index in [1.807, 2.05) is 11.1 Å². The average molecular weight is 385 g/mol. The van der Waals surface area contributed by atoms with Crippen molar-refractivity contribution in [2.45, 2.75) is 6.29 Å². The van der Waals surface area contributed by atoms with Crippen molar-refractivity contribution in [2.24, 2.45) is 15.8 Å². The highest BCUT2D eigenvalue weighted by Crippen LogP contribution is 2.38. The maximum Gasteiger partial charge on any atom is 0.341 e. The molecule has 5 rings (SSSR count). The molecule has 0 saturated carbocycles. The Bertz CT molecular complexity index is 856. The molecule has 148 valence electrons. The van der Waals surface area contributed by atoms with E-state index in [1.165, 1.54) is 11.3 Å². The monoisotopic (exact) mass is 385 g/mol. The van der Waals surface area contributed by atoms with Crippen molar-refractivity contribution in [2.75, 3.05) is 46.3 Å². The molecule has 1 atom stereocenters. The van der Waals surface area contributed by atoms with E-state index in [-0.39, 0.29) is 6.03 Å². The number of piperazine rings is 1. The van der Waals surface area contributed by atoms with Crippen molar-refractivity contribution < 1.29 is 9.21 Å². The number of amidine groups is 1. The number of nitrogens with one attached hydrogen (secondary N) is 1. The summed E-state index contributed by atoms with van der Waals surface area (Å²) in [6.45, 7) is 5.33. The van der Waals surface area contributed by atoms with Gasteiger partial charge in [0.15, 0.2) is 11.6 Å². The van der Waals surface area contributed by atoms with Crippen LogP contribution in [0, 0.1) is 0 Å². The van der Waals surface area contributed by atoms with Gasteiger partial charge in [0.1, 0.15) is 17.7 Å². The van der Waals surface area contributed by atoms with Crippen molar-refractivity contribution in [3.63, 3.8) is 0 Å². The molecule has 3 N–H and O–H groups in total. The van der Waals surface area contributed by atoms with Gasteiger partial charge in [-0.05, 0) is 12.1 Å². The number of aliphatic imine (C=N–C) groups is 2. The molecule has 4 aliphatic rings. The maximum absolute atomic E-state index is 12.9. The van der Waals surface area contributed by atoms with Crippen molar-refractivity contribution in [1.82, 2.24) is 30.1 Å². The minimum Gasteiger partial charge on any atom is -0.463 e. The number of carbonyl (C=O) groups excluding carboxylic acids is 1. The molecule has 0 spiro atoms. The summed E-state index contributed by atoms with van der Waals surface area (Å²) in [6.07, 6.45) is 2.63. The molecular weight excluding hydrogens is 362 g/mol. The Hall–Kier alpha value is -2.89. The van der Waals surface area contributed by atoms with Gasteiger partial charge in [-0.3, -0.25) is 9.80 Å². The molecule has 2 fully saturated rings. The van der Waals surface area contributed by atoms with Crippen LogP contribution in [0.15, 0.2) is 38.5 Å². The molecule has 11 nitrogen and oxygen atoms in total. The first kappa shape index (κ1) is 17.2. The molecule has 1 unspecified atom stereocenters. The lowest BCUT2D eigenvalue weighted by Gasteiger charge is -2.29. The number of nitrogens with zero attached hydrogens (tertiary/aromatic N) is 7. The molecular formula is C17H23N9O2. The highest BCUT2D eigenvalue weighted by atomic mass is 16.3. The standard InChI is InChI=1S/C17H23N9O2/c1-22-17(27)24(9-8-23-6-4-19-5-7-23)16-21-15-14(26(16)22)13(20-11-25(15)18)12-3-2-10-28-12/h2-3,10-11,16,19H,4-9,18H2,1H3. The summed E-state index contributed by atoms with van der Waals surface area (Å²) in [5.74, 6) is 7.25. The molecule has 5 heterocycles. The normalized spacial score (nSPS) is 25.0. The van der Waals surface area contributed by atoms with Gasteiger partial charge < -0.3 is 9.73 Å². The Balaban J connectivity index is 1.45. The van der Waals surface area contributed by atoms with E-state index < -0.39 is 6.29 Å². The van der Waals surface area contributed by atoms with Gasteiger partial charge in [-0.25, -0.2) is 35.6 Å². The second-order valence-electron chi connectivity index (χ2n) is 7.06. The third-order valence-electron chi connectivity index (χ3n) is 5.42. The van der Waals surface area contributed by atoms with Crippen molar-refractivity contribution in [3.8, 4) is 0 Å². The smallest absolute Gasteiger partial charge is 0.341 e. The molecule has 0 radical (unpaired) electrons. The number of nitrogens with two attached hydrogens (primary N) is 1. The van der Waals surface area contributed by atoms with Crippen LogP contribution in [0.3, 0.4) is 0 Å². The van der Waals surface area contributed by atoms with Crippen LogP contribution >= 0.6 is 0 Å². The zero-order chi connectivity index (χ0) is 19.3. The number of rotatable bonds is 4. The Morgan fingerprint density at radius 3 is 2.89 bits per heavy atom. The van der Waals surface area contributed by atoms with Gasteiger partial charge in [0, 0.05) is 46.3 Å². The molecule has 0 bridgehead atoms. The number of hydrazine groups is 2. The summed E-state index contributed by atoms with van der Waals surface area (Å²) in [7, 11) is 1.74. The van der Waals surface area contributed by atoms with E-state index in [9.17, 15) is 4.79 Å². The first-order chi connectivity index (χ1) is 13.6. The number of hydrogen-bond donors (Lipinski definition) is 2. The Morgan fingerprint density at radius 2 is 2.14 bits per heavy atom. The zero-order valence-electron chi connectivity index (χ0n) is 15.7. The lowest BCUT2D eigenvalue weighted by molar-refractivity contribution is 0.0839. The topological polar surface area (TPSA) is 109 Å². The summed E-state index contributed by atoms with van der Waals surface area (Å²) >= 11 is 0. The van der Waals surface area contributed by atoms with Gasteiger partial charge >= 0.3 is 6.03 Å². The van der Waals surface area contributed by atoms with Gasteiger partial charge in [0.05, 0.1) is 6.26 Å². The SMILES string of the molecule is CN1C(=O)N(CCN2CCNCC2)C2N=C3C(=C(c4ccco4)N=CN3N)N21. The van der Waals surface area contributed by atoms with Crippen LogP contribution in [0.4, 0.5) is 4.79 Å². The summed E-state index contributed by atoms with van der Waals surface area (Å²) < 4.78 is 5.54. The fraction of sp³-hybridized carbons (Fsp3) is 0.471. The fourth-order valence-corrected chi connectivity index (χ4v) is 3.95. The number of amides is 2. The first-order valence-corrected chi connectivity index (χ1v) is 9.36. The van der Waals surface area contributed by atoms with Crippen LogP contribution in [-0.4, -0.2) is 95.6 Å². The number of furan rings is 1. The first-order valence-electron chi connectivity index (χ1n) is 9.36. The van der Waals surface area contributed by atoms with Crippen LogP contribution < -0.4 is 11.2 Å². The Morgan fingerprint density at radius 1 is 1.32 bits per heavy atom. The highest BCUT2D eigenvalue weighted by Gasteiger charge is 2.51. The molecule has 4 aliphatic heterocycles. The number of urea groups is 1. The third-order valence-corrected chi connectivity index (χ3v) is 5.42. The van der Waals surface area contributed by atoms with Gasteiger partial charge in [0.25, 0.3) is 0 Å². The number of carbonyl (C=O) groups is 1. The van der Waals surface area contributed by atoms with Gasteiger partial charge in [0.2, 0.25) is 6.29 Å². The maximum atomic E-state index is 12.9. The number of fused-ring (bicyclic) bond motifs is 3. The summed E-state index contributed by atoms with van der Waals surface area (Å²) in [5.41, 5.74) is 1.28. The predicted molar refractivity (Wildman–Crippen MR) is 102 cm³/mol. The minimum atomic E-state index is -0.469. The largest absolute Gasteiger partial charge is 0.463 e. The van der Waals surface area contributed by atoms with Crippen molar-refractivity contribution in [1.29, 1.82) is 0 Å².